The van der Waals surface area contributed by atoms with Gasteiger partial charge in [-0.1, -0.05) is 30.3 Å². The number of amides is 1. The van der Waals surface area contributed by atoms with Crippen molar-refractivity contribution in [1.29, 1.82) is 0 Å². The van der Waals surface area contributed by atoms with E-state index in [4.69, 9.17) is 10.2 Å². The first-order chi connectivity index (χ1) is 10.7. The Kier molecular flexibility index (Phi) is 4.59. The molecular formula is C18H22N2O2. The van der Waals surface area contributed by atoms with Gasteiger partial charge in [0, 0.05) is 18.5 Å². The van der Waals surface area contributed by atoms with Crippen molar-refractivity contribution in [1.82, 2.24) is 4.90 Å². The van der Waals surface area contributed by atoms with E-state index in [0.29, 0.717) is 12.3 Å². The van der Waals surface area contributed by atoms with Crippen molar-refractivity contribution < 1.29 is 9.21 Å². The van der Waals surface area contributed by atoms with Gasteiger partial charge in [-0.15, -0.1) is 0 Å². The minimum absolute atomic E-state index is 0.198. The predicted molar refractivity (Wildman–Crippen MR) is 86.0 cm³/mol. The van der Waals surface area contributed by atoms with E-state index < -0.39 is 0 Å². The van der Waals surface area contributed by atoms with Crippen LogP contribution in [-0.4, -0.2) is 23.9 Å². The molecular weight excluding hydrogens is 276 g/mol. The molecule has 0 aliphatic carbocycles. The third-order valence-electron chi connectivity index (χ3n) is 4.19. The Bertz CT molecular complexity index is 621. The minimum Gasteiger partial charge on any atom is -0.460 e. The second-order valence-corrected chi connectivity index (χ2v) is 6.05. The van der Waals surface area contributed by atoms with Gasteiger partial charge in [0.2, 0.25) is 5.91 Å². The van der Waals surface area contributed by atoms with Crippen LogP contribution in [0, 0.1) is 5.92 Å². The van der Waals surface area contributed by atoms with Gasteiger partial charge in [-0.2, -0.15) is 0 Å². The van der Waals surface area contributed by atoms with Gasteiger partial charge in [-0.3, -0.25) is 9.69 Å². The van der Waals surface area contributed by atoms with Crippen LogP contribution in [0.2, 0.25) is 0 Å². The minimum atomic E-state index is -0.198. The highest BCUT2D eigenvalue weighted by atomic mass is 16.3. The molecule has 3 rings (SSSR count). The van der Waals surface area contributed by atoms with Crippen LogP contribution < -0.4 is 5.73 Å². The smallest absolute Gasteiger partial charge is 0.217 e. The number of carbonyl (C=O) groups excluding carboxylic acids is 1. The van der Waals surface area contributed by atoms with Crippen LogP contribution in [0.1, 0.15) is 25.0 Å². The summed E-state index contributed by atoms with van der Waals surface area (Å²) in [5, 5.41) is 0. The summed E-state index contributed by atoms with van der Waals surface area (Å²) in [6, 6.07) is 14.2. The molecule has 1 saturated heterocycles. The van der Waals surface area contributed by atoms with Gasteiger partial charge in [-0.05, 0) is 37.4 Å². The number of rotatable bonds is 5. The molecule has 1 atom stereocenters. The number of furan rings is 1. The highest BCUT2D eigenvalue weighted by molar-refractivity contribution is 5.74. The van der Waals surface area contributed by atoms with Crippen LogP contribution in [0.25, 0.3) is 11.3 Å². The molecule has 4 heteroatoms. The van der Waals surface area contributed by atoms with E-state index >= 15 is 0 Å². The molecule has 0 spiro atoms. The lowest BCUT2D eigenvalue weighted by atomic mass is 9.94. The Labute approximate surface area is 130 Å². The molecule has 1 aliphatic rings. The Balaban J connectivity index is 1.61. The lowest BCUT2D eigenvalue weighted by Gasteiger charge is -2.31. The van der Waals surface area contributed by atoms with Crippen LogP contribution >= 0.6 is 0 Å². The fourth-order valence-electron chi connectivity index (χ4n) is 3.19. The number of nitrogens with two attached hydrogens (primary N) is 1. The molecule has 0 bridgehead atoms. The summed E-state index contributed by atoms with van der Waals surface area (Å²) in [5.41, 5.74) is 6.41. The first-order valence-electron chi connectivity index (χ1n) is 7.85. The maximum absolute atomic E-state index is 11.1. The Morgan fingerprint density at radius 2 is 2.05 bits per heavy atom. The molecule has 0 radical (unpaired) electrons. The van der Waals surface area contributed by atoms with E-state index in [0.717, 1.165) is 49.6 Å². The zero-order valence-electron chi connectivity index (χ0n) is 12.7. The summed E-state index contributed by atoms with van der Waals surface area (Å²) < 4.78 is 5.96. The number of benzene rings is 1. The van der Waals surface area contributed by atoms with Gasteiger partial charge in [0.15, 0.2) is 0 Å². The Morgan fingerprint density at radius 1 is 1.23 bits per heavy atom. The molecule has 2 heterocycles. The highest BCUT2D eigenvalue weighted by Gasteiger charge is 2.22. The molecule has 0 unspecified atom stereocenters. The summed E-state index contributed by atoms with van der Waals surface area (Å²) in [4.78, 5) is 13.4. The quantitative estimate of drug-likeness (QED) is 0.923. The van der Waals surface area contributed by atoms with E-state index in [1.54, 1.807) is 0 Å². The predicted octanol–water partition coefficient (Wildman–Crippen LogP) is 3.03. The first kappa shape index (κ1) is 14.9. The average molecular weight is 298 g/mol. The second kappa shape index (κ2) is 6.79. The Hall–Kier alpha value is -2.07. The fraction of sp³-hybridized carbons (Fsp3) is 0.389. The molecule has 116 valence electrons. The maximum Gasteiger partial charge on any atom is 0.217 e. The molecule has 2 N–H and O–H groups in total. The largest absolute Gasteiger partial charge is 0.460 e. The van der Waals surface area contributed by atoms with Crippen molar-refractivity contribution in [3.05, 3.63) is 48.2 Å². The number of hydrogen-bond acceptors (Lipinski definition) is 3. The molecule has 1 aromatic heterocycles. The number of hydrogen-bond donors (Lipinski definition) is 1. The van der Waals surface area contributed by atoms with E-state index in [-0.39, 0.29) is 5.91 Å². The zero-order chi connectivity index (χ0) is 15.4. The average Bonchev–Trinajstić information content (AvgIpc) is 2.96. The third kappa shape index (κ3) is 3.77. The third-order valence-corrected chi connectivity index (χ3v) is 4.19. The molecule has 4 nitrogen and oxygen atoms in total. The summed E-state index contributed by atoms with van der Waals surface area (Å²) in [6.07, 6.45) is 2.70. The molecule has 2 aromatic rings. The number of carbonyl (C=O) groups is 1. The first-order valence-corrected chi connectivity index (χ1v) is 7.85. The number of likely N-dealkylation sites (tertiary alicyclic amines) is 1. The van der Waals surface area contributed by atoms with Crippen molar-refractivity contribution in [2.75, 3.05) is 13.1 Å². The molecule has 1 fully saturated rings. The lowest BCUT2D eigenvalue weighted by Crippen LogP contribution is -2.36. The van der Waals surface area contributed by atoms with Crippen molar-refractivity contribution in [3.63, 3.8) is 0 Å². The van der Waals surface area contributed by atoms with Crippen molar-refractivity contribution in [2.24, 2.45) is 11.7 Å². The summed E-state index contributed by atoms with van der Waals surface area (Å²) >= 11 is 0. The van der Waals surface area contributed by atoms with Crippen LogP contribution in [0.3, 0.4) is 0 Å². The van der Waals surface area contributed by atoms with Gasteiger partial charge in [-0.25, -0.2) is 0 Å². The monoisotopic (exact) mass is 298 g/mol. The second-order valence-electron chi connectivity index (χ2n) is 6.05. The molecule has 1 amide bonds. The highest BCUT2D eigenvalue weighted by Crippen LogP contribution is 2.25. The van der Waals surface area contributed by atoms with Crippen LogP contribution in [0.15, 0.2) is 46.9 Å². The van der Waals surface area contributed by atoms with Gasteiger partial charge in [0.25, 0.3) is 0 Å². The molecule has 1 aliphatic heterocycles. The van der Waals surface area contributed by atoms with Crippen LogP contribution in [0.5, 0.6) is 0 Å². The maximum atomic E-state index is 11.1. The fourth-order valence-corrected chi connectivity index (χ4v) is 3.19. The van der Waals surface area contributed by atoms with Crippen molar-refractivity contribution in [3.8, 4) is 11.3 Å². The molecule has 0 saturated carbocycles. The summed E-state index contributed by atoms with van der Waals surface area (Å²) in [6.45, 7) is 2.77. The van der Waals surface area contributed by atoms with Gasteiger partial charge < -0.3 is 10.2 Å². The topological polar surface area (TPSA) is 59.5 Å². The summed E-state index contributed by atoms with van der Waals surface area (Å²) in [5.74, 6) is 2.06. The van der Waals surface area contributed by atoms with Crippen LogP contribution in [0.4, 0.5) is 0 Å². The number of primary amides is 1. The standard InChI is InChI=1S/C18H22N2O2/c19-18(21)11-14-5-4-10-20(12-14)13-16-8-9-17(22-16)15-6-2-1-3-7-15/h1-3,6-9,14H,4-5,10-13H2,(H2,19,21)/t14-/m0/s1. The summed E-state index contributed by atoms with van der Waals surface area (Å²) in [7, 11) is 0. The van der Waals surface area contributed by atoms with E-state index in [2.05, 4.69) is 4.90 Å². The SMILES string of the molecule is NC(=O)C[C@@H]1CCCN(Cc2ccc(-c3ccccc3)o2)C1. The lowest BCUT2D eigenvalue weighted by molar-refractivity contribution is -0.119. The zero-order valence-corrected chi connectivity index (χ0v) is 12.7. The van der Waals surface area contributed by atoms with E-state index in [9.17, 15) is 4.79 Å². The van der Waals surface area contributed by atoms with Gasteiger partial charge in [0.1, 0.15) is 11.5 Å². The Morgan fingerprint density at radius 3 is 2.82 bits per heavy atom. The molecule has 22 heavy (non-hydrogen) atoms. The van der Waals surface area contributed by atoms with Crippen LogP contribution in [-0.2, 0) is 11.3 Å². The van der Waals surface area contributed by atoms with Crippen molar-refractivity contribution >= 4 is 5.91 Å². The number of nitrogens with zero attached hydrogens (tertiary/aromatic N) is 1. The van der Waals surface area contributed by atoms with E-state index in [1.807, 2.05) is 42.5 Å². The molecule has 1 aromatic carbocycles. The van der Waals surface area contributed by atoms with Gasteiger partial charge >= 0.3 is 0 Å². The van der Waals surface area contributed by atoms with Gasteiger partial charge in [0.05, 0.1) is 6.54 Å². The van der Waals surface area contributed by atoms with E-state index in [1.165, 1.54) is 0 Å². The van der Waals surface area contributed by atoms with Crippen molar-refractivity contribution in [2.45, 2.75) is 25.8 Å². The normalized spacial score (nSPS) is 19.2. The number of piperidine rings is 1.